The molecule has 7 rings (SSSR count). The van der Waals surface area contributed by atoms with Crippen molar-refractivity contribution in [2.75, 3.05) is 5.32 Å². The number of hydrogen-bond acceptors (Lipinski definition) is 5. The smallest absolute Gasteiger partial charge is 0.358 e. The van der Waals surface area contributed by atoms with Crippen molar-refractivity contribution in [1.29, 1.82) is 0 Å². The molecule has 2 atom stereocenters. The Morgan fingerprint density at radius 2 is 2.00 bits per heavy atom. The second-order valence-electron chi connectivity index (χ2n) is 11.7. The first-order valence-electron chi connectivity index (χ1n) is 12.9. The van der Waals surface area contributed by atoms with Crippen LogP contribution >= 0.6 is 11.6 Å². The molecule has 1 aromatic carbocycles. The van der Waals surface area contributed by atoms with E-state index in [1.54, 1.807) is 6.20 Å². The number of nitrogens with one attached hydrogen (secondary N) is 1. The number of halogens is 1. The molecule has 2 heterocycles. The van der Waals surface area contributed by atoms with Crippen LogP contribution in [0.25, 0.3) is 0 Å². The number of nitro groups is 1. The van der Waals surface area contributed by atoms with Crippen LogP contribution in [0.15, 0.2) is 36.7 Å². The lowest BCUT2D eigenvalue weighted by Gasteiger charge is -2.61. The molecule has 9 nitrogen and oxygen atoms in total. The first-order chi connectivity index (χ1) is 17.6. The molecule has 1 amide bonds. The molecule has 37 heavy (non-hydrogen) atoms. The quantitative estimate of drug-likeness (QED) is 0.319. The van der Waals surface area contributed by atoms with Crippen LogP contribution in [-0.4, -0.2) is 30.4 Å². The summed E-state index contributed by atoms with van der Waals surface area (Å²) in [6.07, 6.45) is 9.86. The molecule has 4 aliphatic carbocycles. The molecule has 194 valence electrons. The largest absolute Gasteiger partial charge is 0.408 e. The van der Waals surface area contributed by atoms with Crippen molar-refractivity contribution in [3.05, 3.63) is 68.6 Å². The summed E-state index contributed by atoms with van der Waals surface area (Å²) in [6.45, 7) is 4.52. The lowest BCUT2D eigenvalue weighted by atomic mass is 9.46. The Kier molecular flexibility index (Phi) is 5.67. The molecule has 2 unspecified atom stereocenters. The number of anilines is 1. The minimum Gasteiger partial charge on any atom is -0.358 e. The van der Waals surface area contributed by atoms with Gasteiger partial charge in [0.1, 0.15) is 0 Å². The number of carbonyl (C=O) groups is 1. The second kappa shape index (κ2) is 8.68. The summed E-state index contributed by atoms with van der Waals surface area (Å²) in [5.41, 5.74) is 3.26. The van der Waals surface area contributed by atoms with Gasteiger partial charge in [0.05, 0.1) is 34.8 Å². The molecule has 4 aliphatic rings. The van der Waals surface area contributed by atoms with Gasteiger partial charge in [-0.1, -0.05) is 41.4 Å². The summed E-state index contributed by atoms with van der Waals surface area (Å²) < 4.78 is 3.67. The summed E-state index contributed by atoms with van der Waals surface area (Å²) in [5, 5.41) is 23.5. The number of carbonyl (C=O) groups excluding carboxylic acids is 1. The summed E-state index contributed by atoms with van der Waals surface area (Å²) in [5.74, 6) is 0.706. The SMILES string of the molecule is Cc1cccc(Cn2cc(NC(=O)CC34CC5CC(C3)CC(n3nc([N+](=O)[O-])c(Cl)c3C)(C5)C4)cn2)c1. The Morgan fingerprint density at radius 1 is 1.24 bits per heavy atom. The number of amides is 1. The summed E-state index contributed by atoms with van der Waals surface area (Å²) in [6, 6.07) is 8.30. The molecule has 0 aliphatic heterocycles. The van der Waals surface area contributed by atoms with Gasteiger partial charge in [-0.15, -0.1) is 0 Å². The van der Waals surface area contributed by atoms with Crippen LogP contribution in [0.1, 0.15) is 61.8 Å². The van der Waals surface area contributed by atoms with Crippen molar-refractivity contribution < 1.29 is 9.72 Å². The molecular formula is C27H31ClN6O3. The van der Waals surface area contributed by atoms with E-state index in [0.29, 0.717) is 36.2 Å². The Bertz CT molecular complexity index is 1380. The summed E-state index contributed by atoms with van der Waals surface area (Å²) in [4.78, 5) is 24.3. The average Bonchev–Trinajstić information content (AvgIpc) is 3.36. The second-order valence-corrected chi connectivity index (χ2v) is 12.1. The zero-order chi connectivity index (χ0) is 25.9. The highest BCUT2D eigenvalue weighted by Gasteiger charge is 2.60. The maximum Gasteiger partial charge on any atom is 0.408 e. The van der Waals surface area contributed by atoms with Gasteiger partial charge in [0.2, 0.25) is 5.91 Å². The van der Waals surface area contributed by atoms with Gasteiger partial charge in [0, 0.05) is 12.6 Å². The molecule has 0 saturated heterocycles. The maximum absolute atomic E-state index is 13.3. The van der Waals surface area contributed by atoms with E-state index in [4.69, 9.17) is 11.6 Å². The average molecular weight is 523 g/mol. The minimum atomic E-state index is -0.505. The van der Waals surface area contributed by atoms with Gasteiger partial charge in [-0.3, -0.25) is 9.48 Å². The Hall–Kier alpha value is -3.20. The fourth-order valence-electron chi connectivity index (χ4n) is 7.96. The molecule has 0 radical (unpaired) electrons. The van der Waals surface area contributed by atoms with Gasteiger partial charge in [-0.2, -0.15) is 9.78 Å². The number of nitrogens with zero attached hydrogens (tertiary/aromatic N) is 5. The Morgan fingerprint density at radius 3 is 2.68 bits per heavy atom. The molecule has 4 bridgehead atoms. The fraction of sp³-hybridized carbons (Fsp3) is 0.519. The van der Waals surface area contributed by atoms with Gasteiger partial charge >= 0.3 is 5.82 Å². The Balaban J connectivity index is 1.19. The van der Waals surface area contributed by atoms with Crippen LogP contribution in [0.3, 0.4) is 0 Å². The first kappa shape index (κ1) is 24.2. The molecule has 4 saturated carbocycles. The molecule has 4 fully saturated rings. The molecule has 1 N–H and O–H groups in total. The lowest BCUT2D eigenvalue weighted by Crippen LogP contribution is -2.57. The van der Waals surface area contributed by atoms with E-state index >= 15 is 0 Å². The standard InChI is InChI=1S/C27H31ClN6O3/c1-17-4-3-5-19(6-17)14-32-15-22(13-29-32)30-23(35)12-26-8-20-7-21(9-26)11-27(10-20,16-26)33-18(2)24(28)25(31-33)34(36)37/h3-6,13,15,20-21H,7-12,14,16H2,1-2H3,(H,30,35). The van der Waals surface area contributed by atoms with E-state index in [-0.39, 0.29) is 27.7 Å². The van der Waals surface area contributed by atoms with Gasteiger partial charge < -0.3 is 15.4 Å². The third kappa shape index (κ3) is 4.33. The first-order valence-corrected chi connectivity index (χ1v) is 13.3. The van der Waals surface area contributed by atoms with Crippen molar-refractivity contribution in [3.8, 4) is 0 Å². The van der Waals surface area contributed by atoms with E-state index in [1.165, 1.54) is 5.56 Å². The van der Waals surface area contributed by atoms with Crippen LogP contribution in [0, 0.1) is 41.2 Å². The van der Waals surface area contributed by atoms with Gasteiger partial charge in [-0.05, 0) is 80.1 Å². The summed E-state index contributed by atoms with van der Waals surface area (Å²) in [7, 11) is 0. The third-order valence-electron chi connectivity index (χ3n) is 8.68. The normalized spacial score (nSPS) is 28.0. The molecule has 0 spiro atoms. The van der Waals surface area contributed by atoms with Crippen molar-refractivity contribution in [3.63, 3.8) is 0 Å². The monoisotopic (exact) mass is 522 g/mol. The number of hydrogen-bond donors (Lipinski definition) is 1. The van der Waals surface area contributed by atoms with Gasteiger partial charge in [-0.25, -0.2) is 0 Å². The molecule has 2 aromatic heterocycles. The van der Waals surface area contributed by atoms with Gasteiger partial charge in [0.15, 0.2) is 5.02 Å². The van der Waals surface area contributed by atoms with Crippen LogP contribution in [0.4, 0.5) is 11.5 Å². The van der Waals surface area contributed by atoms with Crippen LogP contribution in [-0.2, 0) is 16.9 Å². The maximum atomic E-state index is 13.3. The zero-order valence-corrected chi connectivity index (χ0v) is 21.9. The van der Waals surface area contributed by atoms with Crippen molar-refractivity contribution in [2.24, 2.45) is 17.3 Å². The van der Waals surface area contributed by atoms with Crippen LogP contribution in [0.2, 0.25) is 5.02 Å². The molecular weight excluding hydrogens is 492 g/mol. The van der Waals surface area contributed by atoms with E-state index in [9.17, 15) is 14.9 Å². The van der Waals surface area contributed by atoms with E-state index in [2.05, 4.69) is 40.6 Å². The topological polar surface area (TPSA) is 108 Å². The number of benzene rings is 1. The number of rotatable bonds is 7. The molecule has 3 aromatic rings. The van der Waals surface area contributed by atoms with Crippen molar-refractivity contribution in [2.45, 2.75) is 70.9 Å². The lowest BCUT2D eigenvalue weighted by molar-refractivity contribution is -0.389. The number of aryl methyl sites for hydroxylation is 1. The third-order valence-corrected chi connectivity index (χ3v) is 9.12. The van der Waals surface area contributed by atoms with Crippen LogP contribution in [0.5, 0.6) is 0 Å². The predicted molar refractivity (Wildman–Crippen MR) is 139 cm³/mol. The van der Waals surface area contributed by atoms with Gasteiger partial charge in [0.25, 0.3) is 0 Å². The summed E-state index contributed by atoms with van der Waals surface area (Å²) >= 11 is 6.32. The molecule has 10 heteroatoms. The fourth-order valence-corrected chi connectivity index (χ4v) is 8.15. The van der Waals surface area contributed by atoms with Crippen molar-refractivity contribution in [1.82, 2.24) is 19.6 Å². The number of aromatic nitrogens is 4. The van der Waals surface area contributed by atoms with Crippen LogP contribution < -0.4 is 5.32 Å². The minimum absolute atomic E-state index is 0.00611. The van der Waals surface area contributed by atoms with E-state index in [1.807, 2.05) is 28.6 Å². The zero-order valence-electron chi connectivity index (χ0n) is 21.1. The predicted octanol–water partition coefficient (Wildman–Crippen LogP) is 5.63. The van der Waals surface area contributed by atoms with E-state index in [0.717, 1.165) is 44.1 Å². The highest BCUT2D eigenvalue weighted by Crippen LogP contribution is 2.65. The van der Waals surface area contributed by atoms with Crippen molar-refractivity contribution >= 4 is 29.0 Å². The highest BCUT2D eigenvalue weighted by atomic mass is 35.5. The highest BCUT2D eigenvalue weighted by molar-refractivity contribution is 6.33. The van der Waals surface area contributed by atoms with E-state index < -0.39 is 4.92 Å². The Labute approximate surface area is 220 Å².